The van der Waals surface area contributed by atoms with Crippen molar-refractivity contribution in [2.24, 2.45) is 0 Å². The smallest absolute Gasteiger partial charge is 0.319 e. The average molecular weight is 383 g/mol. The van der Waals surface area contributed by atoms with Crippen LogP contribution in [-0.4, -0.2) is 17.1 Å². The zero-order valence-corrected chi connectivity index (χ0v) is 15.9. The van der Waals surface area contributed by atoms with E-state index < -0.39 is 5.91 Å². The Hall–Kier alpha value is -2.90. The Bertz CT molecular complexity index is 964. The molecule has 2 aromatic carbocycles. The molecule has 3 rings (SSSR count). The lowest BCUT2D eigenvalue weighted by Gasteiger charge is -2.10. The predicted molar refractivity (Wildman–Crippen MR) is 107 cm³/mol. The molecule has 0 spiro atoms. The minimum atomic E-state index is -0.529. The van der Waals surface area contributed by atoms with Gasteiger partial charge in [0.1, 0.15) is 0 Å². The number of nitrogens with one attached hydrogen (secondary N) is 3. The number of thiophene rings is 1. The Morgan fingerprint density at radius 1 is 1.07 bits per heavy atom. The van der Waals surface area contributed by atoms with Gasteiger partial charge < -0.3 is 10.6 Å². The molecule has 0 radical (unpaired) electrons. The molecule has 0 atom stereocenters. The van der Waals surface area contributed by atoms with Gasteiger partial charge in [0, 0.05) is 16.9 Å². The van der Waals surface area contributed by atoms with Crippen molar-refractivity contribution < 1.29 is 14.8 Å². The van der Waals surface area contributed by atoms with Gasteiger partial charge in [0.05, 0.1) is 4.88 Å². The highest BCUT2D eigenvalue weighted by Crippen LogP contribution is 2.26. The Kier molecular flexibility index (Phi) is 5.73. The SMILES string of the molecule is CC(C)c1ccc(NC(=O)NCc2ccc3cc(C(=O)NO)sc3c2)cc1. The molecule has 1 aromatic heterocycles. The van der Waals surface area contributed by atoms with Gasteiger partial charge in [-0.05, 0) is 46.7 Å². The lowest BCUT2D eigenvalue weighted by Crippen LogP contribution is -2.28. The number of fused-ring (bicyclic) bond motifs is 1. The molecular formula is C20H21N3O3S. The Balaban J connectivity index is 1.60. The van der Waals surface area contributed by atoms with Crippen LogP contribution in [-0.2, 0) is 6.54 Å². The van der Waals surface area contributed by atoms with Crippen LogP contribution in [0.2, 0.25) is 0 Å². The molecule has 4 N–H and O–H groups in total. The van der Waals surface area contributed by atoms with Crippen LogP contribution in [0.5, 0.6) is 0 Å². The minimum absolute atomic E-state index is 0.279. The second-order valence-corrected chi connectivity index (χ2v) is 7.59. The topological polar surface area (TPSA) is 90.5 Å². The highest BCUT2D eigenvalue weighted by Gasteiger charge is 2.10. The summed E-state index contributed by atoms with van der Waals surface area (Å²) in [6.07, 6.45) is 0. The summed E-state index contributed by atoms with van der Waals surface area (Å²) >= 11 is 1.28. The van der Waals surface area contributed by atoms with Gasteiger partial charge >= 0.3 is 6.03 Å². The average Bonchev–Trinajstić information content (AvgIpc) is 3.09. The van der Waals surface area contributed by atoms with Gasteiger partial charge in [-0.25, -0.2) is 10.3 Å². The van der Waals surface area contributed by atoms with E-state index in [1.807, 2.05) is 42.5 Å². The number of rotatable bonds is 5. The monoisotopic (exact) mass is 383 g/mol. The third kappa shape index (κ3) is 4.64. The second-order valence-electron chi connectivity index (χ2n) is 6.51. The lowest BCUT2D eigenvalue weighted by molar-refractivity contribution is 0.0711. The first-order valence-corrected chi connectivity index (χ1v) is 9.39. The van der Waals surface area contributed by atoms with Gasteiger partial charge in [0.2, 0.25) is 0 Å². The van der Waals surface area contributed by atoms with Crippen LogP contribution in [0.3, 0.4) is 0 Å². The maximum absolute atomic E-state index is 12.1. The number of urea groups is 1. The zero-order chi connectivity index (χ0) is 19.4. The van der Waals surface area contributed by atoms with E-state index in [9.17, 15) is 9.59 Å². The second kappa shape index (κ2) is 8.20. The number of amides is 3. The Morgan fingerprint density at radius 3 is 2.48 bits per heavy atom. The molecule has 0 saturated heterocycles. The molecule has 0 aliphatic rings. The van der Waals surface area contributed by atoms with Gasteiger partial charge in [-0.1, -0.05) is 38.1 Å². The van der Waals surface area contributed by atoms with Crippen molar-refractivity contribution in [2.75, 3.05) is 5.32 Å². The van der Waals surface area contributed by atoms with Crippen LogP contribution < -0.4 is 16.1 Å². The van der Waals surface area contributed by atoms with Crippen molar-refractivity contribution in [3.8, 4) is 0 Å². The normalized spacial score (nSPS) is 10.8. The summed E-state index contributed by atoms with van der Waals surface area (Å²) in [5.41, 5.74) is 4.52. The summed E-state index contributed by atoms with van der Waals surface area (Å²) in [7, 11) is 0. The van der Waals surface area contributed by atoms with Gasteiger partial charge in [-0.2, -0.15) is 0 Å². The fourth-order valence-corrected chi connectivity index (χ4v) is 3.68. The van der Waals surface area contributed by atoms with Crippen LogP contribution in [0.25, 0.3) is 10.1 Å². The van der Waals surface area contributed by atoms with E-state index in [0.29, 0.717) is 17.3 Å². The van der Waals surface area contributed by atoms with Crippen LogP contribution in [0.4, 0.5) is 10.5 Å². The van der Waals surface area contributed by atoms with Crippen molar-refractivity contribution in [2.45, 2.75) is 26.3 Å². The Labute approximate surface area is 161 Å². The number of hydroxylamine groups is 1. The molecule has 6 nitrogen and oxygen atoms in total. The summed E-state index contributed by atoms with van der Waals surface area (Å²) < 4.78 is 0.914. The van der Waals surface area contributed by atoms with Crippen molar-refractivity contribution >= 4 is 39.0 Å². The van der Waals surface area contributed by atoms with Crippen molar-refractivity contribution in [3.05, 3.63) is 64.5 Å². The molecule has 0 fully saturated rings. The maximum atomic E-state index is 12.1. The van der Waals surface area contributed by atoms with Crippen molar-refractivity contribution in [3.63, 3.8) is 0 Å². The number of anilines is 1. The molecule has 3 amide bonds. The number of benzene rings is 2. The zero-order valence-electron chi connectivity index (χ0n) is 15.1. The standard InChI is InChI=1S/C20H21N3O3S/c1-12(2)14-5-7-16(8-6-14)22-20(25)21-11-13-3-4-15-10-18(19(24)23-26)27-17(15)9-13/h3-10,12,26H,11H2,1-2H3,(H,23,24)(H2,21,22,25). The molecule has 0 unspecified atom stereocenters. The molecule has 3 aromatic rings. The lowest BCUT2D eigenvalue weighted by atomic mass is 10.0. The number of carbonyl (C=O) groups is 2. The maximum Gasteiger partial charge on any atom is 0.319 e. The van der Waals surface area contributed by atoms with E-state index >= 15 is 0 Å². The predicted octanol–water partition coefficient (Wildman–Crippen LogP) is 4.47. The highest BCUT2D eigenvalue weighted by molar-refractivity contribution is 7.20. The number of hydrogen-bond acceptors (Lipinski definition) is 4. The molecule has 0 saturated carbocycles. The van der Waals surface area contributed by atoms with Gasteiger partial charge in [0.15, 0.2) is 0 Å². The van der Waals surface area contributed by atoms with E-state index in [-0.39, 0.29) is 6.03 Å². The van der Waals surface area contributed by atoms with E-state index in [2.05, 4.69) is 24.5 Å². The van der Waals surface area contributed by atoms with Gasteiger partial charge in [-0.15, -0.1) is 11.3 Å². The fraction of sp³-hybridized carbons (Fsp3) is 0.200. The molecule has 27 heavy (non-hydrogen) atoms. The summed E-state index contributed by atoms with van der Waals surface area (Å²) in [5, 5.41) is 15.3. The molecule has 1 heterocycles. The first-order chi connectivity index (χ1) is 13.0. The summed E-state index contributed by atoms with van der Waals surface area (Å²) in [6.45, 7) is 4.61. The quantitative estimate of drug-likeness (QED) is 0.387. The first-order valence-electron chi connectivity index (χ1n) is 8.58. The Morgan fingerprint density at radius 2 is 1.81 bits per heavy atom. The van der Waals surface area contributed by atoms with Crippen LogP contribution >= 0.6 is 11.3 Å². The summed E-state index contributed by atoms with van der Waals surface area (Å²) in [6, 6.07) is 14.9. The summed E-state index contributed by atoms with van der Waals surface area (Å²) in [5.74, 6) is -0.0808. The molecular weight excluding hydrogens is 362 g/mol. The molecule has 7 heteroatoms. The summed E-state index contributed by atoms with van der Waals surface area (Å²) in [4.78, 5) is 24.0. The van der Waals surface area contributed by atoms with E-state index in [0.717, 1.165) is 21.3 Å². The highest BCUT2D eigenvalue weighted by atomic mass is 32.1. The molecule has 0 aliphatic heterocycles. The fourth-order valence-electron chi connectivity index (χ4n) is 2.66. The number of carbonyl (C=O) groups excluding carboxylic acids is 2. The first kappa shape index (κ1) is 18.9. The van der Waals surface area contributed by atoms with Gasteiger partial charge in [0.25, 0.3) is 5.91 Å². The van der Waals surface area contributed by atoms with Crippen molar-refractivity contribution in [1.29, 1.82) is 0 Å². The van der Waals surface area contributed by atoms with E-state index in [1.54, 1.807) is 11.5 Å². The van der Waals surface area contributed by atoms with Crippen LogP contribution in [0, 0.1) is 0 Å². The van der Waals surface area contributed by atoms with Crippen LogP contribution in [0.15, 0.2) is 48.5 Å². The van der Waals surface area contributed by atoms with Crippen LogP contribution in [0.1, 0.15) is 40.6 Å². The molecule has 0 aliphatic carbocycles. The molecule has 0 bridgehead atoms. The van der Waals surface area contributed by atoms with E-state index in [1.165, 1.54) is 16.9 Å². The van der Waals surface area contributed by atoms with Crippen molar-refractivity contribution in [1.82, 2.24) is 10.8 Å². The largest absolute Gasteiger partial charge is 0.334 e. The third-order valence-electron chi connectivity index (χ3n) is 4.20. The van der Waals surface area contributed by atoms with Gasteiger partial charge in [-0.3, -0.25) is 10.0 Å². The minimum Gasteiger partial charge on any atom is -0.334 e. The number of hydrogen-bond donors (Lipinski definition) is 4. The third-order valence-corrected chi connectivity index (χ3v) is 5.29. The molecule has 140 valence electrons. The van der Waals surface area contributed by atoms with E-state index in [4.69, 9.17) is 5.21 Å².